The van der Waals surface area contributed by atoms with Crippen molar-refractivity contribution in [3.8, 4) is 5.75 Å². The van der Waals surface area contributed by atoms with Crippen molar-refractivity contribution in [2.75, 3.05) is 13.2 Å². The molecule has 2 rings (SSSR count). The summed E-state index contributed by atoms with van der Waals surface area (Å²) >= 11 is 0. The van der Waals surface area contributed by atoms with Crippen molar-refractivity contribution in [2.45, 2.75) is 19.8 Å². The molecule has 1 saturated carbocycles. The summed E-state index contributed by atoms with van der Waals surface area (Å²) in [5, 5.41) is 11.7. The Morgan fingerprint density at radius 3 is 2.71 bits per heavy atom. The highest BCUT2D eigenvalue weighted by Crippen LogP contribution is 2.45. The summed E-state index contributed by atoms with van der Waals surface area (Å²) in [5.41, 5.74) is 0.0704. The SMILES string of the molecule is CCOc1ccccc1/C=C/C(=O)NCC1(C(=O)O)CC1. The van der Waals surface area contributed by atoms with Crippen LogP contribution in [-0.4, -0.2) is 30.1 Å². The van der Waals surface area contributed by atoms with Crippen LogP contribution in [0.5, 0.6) is 5.75 Å². The Labute approximate surface area is 123 Å². The summed E-state index contributed by atoms with van der Waals surface area (Å²) in [4.78, 5) is 22.8. The molecule has 1 amide bonds. The molecule has 1 aromatic rings. The first-order chi connectivity index (χ1) is 10.1. The van der Waals surface area contributed by atoms with Gasteiger partial charge in [0.1, 0.15) is 5.75 Å². The van der Waals surface area contributed by atoms with E-state index in [0.29, 0.717) is 25.2 Å². The Hall–Kier alpha value is -2.30. The van der Waals surface area contributed by atoms with Crippen LogP contribution in [0, 0.1) is 5.41 Å². The van der Waals surface area contributed by atoms with Gasteiger partial charge in [0.15, 0.2) is 0 Å². The first-order valence-corrected chi connectivity index (χ1v) is 6.98. The monoisotopic (exact) mass is 289 g/mol. The van der Waals surface area contributed by atoms with Crippen LogP contribution in [0.1, 0.15) is 25.3 Å². The highest BCUT2D eigenvalue weighted by Gasteiger charge is 2.50. The molecule has 0 spiro atoms. The van der Waals surface area contributed by atoms with Crippen LogP contribution < -0.4 is 10.1 Å². The normalized spacial score (nSPS) is 15.7. The van der Waals surface area contributed by atoms with Crippen LogP contribution in [0.15, 0.2) is 30.3 Å². The number of carbonyl (C=O) groups excluding carboxylic acids is 1. The van der Waals surface area contributed by atoms with Crippen molar-refractivity contribution < 1.29 is 19.4 Å². The molecule has 1 aliphatic carbocycles. The second-order valence-corrected chi connectivity index (χ2v) is 5.11. The smallest absolute Gasteiger partial charge is 0.311 e. The lowest BCUT2D eigenvalue weighted by atomic mass is 10.1. The number of carboxylic acids is 1. The van der Waals surface area contributed by atoms with Crippen LogP contribution in [-0.2, 0) is 9.59 Å². The number of benzene rings is 1. The summed E-state index contributed by atoms with van der Waals surface area (Å²) in [6, 6.07) is 7.43. The fourth-order valence-electron chi connectivity index (χ4n) is 2.00. The number of ether oxygens (including phenoxy) is 1. The topological polar surface area (TPSA) is 75.6 Å². The van der Waals surface area contributed by atoms with Gasteiger partial charge in [0, 0.05) is 18.2 Å². The van der Waals surface area contributed by atoms with Gasteiger partial charge in [-0.2, -0.15) is 0 Å². The van der Waals surface area contributed by atoms with Crippen molar-refractivity contribution in [1.82, 2.24) is 5.32 Å². The Morgan fingerprint density at radius 1 is 1.38 bits per heavy atom. The van der Waals surface area contributed by atoms with Gasteiger partial charge in [0.05, 0.1) is 12.0 Å². The minimum Gasteiger partial charge on any atom is -0.493 e. The lowest BCUT2D eigenvalue weighted by molar-refractivity contribution is -0.143. The van der Waals surface area contributed by atoms with E-state index >= 15 is 0 Å². The zero-order valence-electron chi connectivity index (χ0n) is 12.0. The van der Waals surface area contributed by atoms with Crippen molar-refractivity contribution in [3.05, 3.63) is 35.9 Å². The third-order valence-electron chi connectivity index (χ3n) is 3.54. The van der Waals surface area contributed by atoms with Crippen LogP contribution in [0.4, 0.5) is 0 Å². The van der Waals surface area contributed by atoms with E-state index in [2.05, 4.69) is 5.32 Å². The van der Waals surface area contributed by atoms with Gasteiger partial charge in [0.2, 0.25) is 5.91 Å². The van der Waals surface area contributed by atoms with Crippen LogP contribution in [0.25, 0.3) is 6.08 Å². The summed E-state index contributed by atoms with van der Waals surface area (Å²) in [7, 11) is 0. The van der Waals surface area contributed by atoms with Gasteiger partial charge in [-0.25, -0.2) is 0 Å². The predicted molar refractivity (Wildman–Crippen MR) is 79.0 cm³/mol. The molecule has 0 saturated heterocycles. The molecule has 0 radical (unpaired) electrons. The highest BCUT2D eigenvalue weighted by molar-refractivity contribution is 5.92. The maximum absolute atomic E-state index is 11.8. The molecule has 5 heteroatoms. The minimum atomic E-state index is -0.839. The van der Waals surface area contributed by atoms with Crippen molar-refractivity contribution >= 4 is 18.0 Å². The third kappa shape index (κ3) is 3.84. The van der Waals surface area contributed by atoms with E-state index in [1.807, 2.05) is 31.2 Å². The van der Waals surface area contributed by atoms with Gasteiger partial charge in [-0.15, -0.1) is 0 Å². The molecule has 0 aromatic heterocycles. The van der Waals surface area contributed by atoms with Gasteiger partial charge in [-0.1, -0.05) is 18.2 Å². The molecule has 1 aromatic carbocycles. The van der Waals surface area contributed by atoms with Crippen molar-refractivity contribution in [2.24, 2.45) is 5.41 Å². The van der Waals surface area contributed by atoms with E-state index < -0.39 is 11.4 Å². The highest BCUT2D eigenvalue weighted by atomic mass is 16.5. The fraction of sp³-hybridized carbons (Fsp3) is 0.375. The predicted octanol–water partition coefficient (Wildman–Crippen LogP) is 2.08. The van der Waals surface area contributed by atoms with E-state index in [0.717, 1.165) is 5.56 Å². The summed E-state index contributed by atoms with van der Waals surface area (Å²) in [5.74, 6) is -0.421. The Kier molecular flexibility index (Phi) is 4.62. The molecule has 0 atom stereocenters. The van der Waals surface area contributed by atoms with Gasteiger partial charge in [-0.05, 0) is 31.9 Å². The lowest BCUT2D eigenvalue weighted by Gasteiger charge is -2.09. The van der Waals surface area contributed by atoms with E-state index in [9.17, 15) is 9.59 Å². The fourth-order valence-corrected chi connectivity index (χ4v) is 2.00. The Balaban J connectivity index is 1.92. The number of carboxylic acid groups (broad SMARTS) is 1. The van der Waals surface area contributed by atoms with Gasteiger partial charge in [0.25, 0.3) is 0 Å². The average molecular weight is 289 g/mol. The lowest BCUT2D eigenvalue weighted by Crippen LogP contribution is -2.33. The van der Waals surface area contributed by atoms with Gasteiger partial charge < -0.3 is 15.2 Å². The van der Waals surface area contributed by atoms with Crippen molar-refractivity contribution in [3.63, 3.8) is 0 Å². The van der Waals surface area contributed by atoms with Crippen LogP contribution in [0.2, 0.25) is 0 Å². The Bertz CT molecular complexity index is 561. The summed E-state index contributed by atoms with van der Waals surface area (Å²) in [6.07, 6.45) is 4.31. The number of hydrogen-bond donors (Lipinski definition) is 2. The molecular weight excluding hydrogens is 270 g/mol. The minimum absolute atomic E-state index is 0.179. The van der Waals surface area contributed by atoms with Crippen LogP contribution in [0.3, 0.4) is 0 Å². The summed E-state index contributed by atoms with van der Waals surface area (Å²) in [6.45, 7) is 2.63. The molecule has 5 nitrogen and oxygen atoms in total. The zero-order chi connectivity index (χ0) is 15.3. The largest absolute Gasteiger partial charge is 0.493 e. The first kappa shape index (κ1) is 15.1. The van der Waals surface area contributed by atoms with Gasteiger partial charge >= 0.3 is 5.97 Å². The molecule has 0 aliphatic heterocycles. The average Bonchev–Trinajstić information content (AvgIpc) is 3.26. The third-order valence-corrected chi connectivity index (χ3v) is 3.54. The zero-order valence-corrected chi connectivity index (χ0v) is 12.0. The summed E-state index contributed by atoms with van der Waals surface area (Å²) < 4.78 is 5.46. The second kappa shape index (κ2) is 6.43. The standard InChI is InChI=1S/C16H19NO4/c1-2-21-13-6-4-3-5-12(13)7-8-14(18)17-11-16(9-10-16)15(19)20/h3-8H,2,9-11H2,1H3,(H,17,18)(H,19,20)/b8-7+. The van der Waals surface area contributed by atoms with Crippen molar-refractivity contribution in [1.29, 1.82) is 0 Å². The molecule has 2 N–H and O–H groups in total. The number of carbonyl (C=O) groups is 2. The Morgan fingerprint density at radius 2 is 2.10 bits per heavy atom. The molecule has 0 heterocycles. The van der Waals surface area contributed by atoms with Crippen LogP contribution >= 0.6 is 0 Å². The quantitative estimate of drug-likeness (QED) is 0.754. The molecule has 0 unspecified atom stereocenters. The number of para-hydroxylation sites is 1. The molecule has 112 valence electrons. The molecule has 1 aliphatic rings. The number of amides is 1. The number of nitrogens with one attached hydrogen (secondary N) is 1. The molecule has 1 fully saturated rings. The van der Waals surface area contributed by atoms with E-state index in [1.165, 1.54) is 6.08 Å². The number of rotatable bonds is 7. The molecule has 0 bridgehead atoms. The van der Waals surface area contributed by atoms with E-state index in [-0.39, 0.29) is 12.5 Å². The second-order valence-electron chi connectivity index (χ2n) is 5.11. The van der Waals surface area contributed by atoms with E-state index in [1.54, 1.807) is 6.08 Å². The van der Waals surface area contributed by atoms with E-state index in [4.69, 9.17) is 9.84 Å². The molecule has 21 heavy (non-hydrogen) atoms. The van der Waals surface area contributed by atoms with Gasteiger partial charge in [-0.3, -0.25) is 9.59 Å². The maximum atomic E-state index is 11.8. The number of aliphatic carboxylic acids is 1. The molecular formula is C16H19NO4. The first-order valence-electron chi connectivity index (χ1n) is 6.98. The number of hydrogen-bond acceptors (Lipinski definition) is 3. The maximum Gasteiger partial charge on any atom is 0.311 e.